The quantitative estimate of drug-likeness (QED) is 0.896. The van der Waals surface area contributed by atoms with Crippen LogP contribution in [0.3, 0.4) is 0 Å². The van der Waals surface area contributed by atoms with Crippen LogP contribution < -0.4 is 0 Å². The van der Waals surface area contributed by atoms with Gasteiger partial charge < -0.3 is 5.11 Å². The number of fused-ring (bicyclic) bond motifs is 1. The van der Waals surface area contributed by atoms with Crippen LogP contribution in [0.1, 0.15) is 10.4 Å². The van der Waals surface area contributed by atoms with E-state index in [-0.39, 0.29) is 6.42 Å². The third-order valence-electron chi connectivity index (χ3n) is 2.27. The first-order chi connectivity index (χ1) is 7.88. The highest BCUT2D eigenvalue weighted by molar-refractivity contribution is 7.19. The predicted octanol–water partition coefficient (Wildman–Crippen LogP) is 3.55. The van der Waals surface area contributed by atoms with E-state index in [1.54, 1.807) is 12.1 Å². The topological polar surface area (TPSA) is 37.3 Å². The molecule has 0 amide bonds. The molecular weight excluding hydrogens is 253 g/mol. The van der Waals surface area contributed by atoms with Gasteiger partial charge in [0.1, 0.15) is 4.88 Å². The maximum absolute atomic E-state index is 12.5. The molecule has 0 aliphatic heterocycles. The van der Waals surface area contributed by atoms with Gasteiger partial charge in [0.15, 0.2) is 0 Å². The maximum atomic E-state index is 12.5. The zero-order valence-corrected chi connectivity index (χ0v) is 9.23. The lowest BCUT2D eigenvalue weighted by molar-refractivity contribution is -0.136. The van der Waals surface area contributed by atoms with Crippen LogP contribution in [0.2, 0.25) is 0 Å². The highest BCUT2D eigenvalue weighted by atomic mass is 32.1. The van der Waals surface area contributed by atoms with Crippen molar-refractivity contribution in [3.63, 3.8) is 0 Å². The summed E-state index contributed by atoms with van der Waals surface area (Å²) in [5.41, 5.74) is 0.404. The molecule has 0 saturated heterocycles. The summed E-state index contributed by atoms with van der Waals surface area (Å²) in [5.74, 6) is -1.06. The molecule has 1 heterocycles. The lowest BCUT2D eigenvalue weighted by atomic mass is 10.1. The van der Waals surface area contributed by atoms with E-state index in [1.165, 1.54) is 6.07 Å². The molecule has 6 heteroatoms. The van der Waals surface area contributed by atoms with Gasteiger partial charge in [0.05, 0.1) is 6.42 Å². The summed E-state index contributed by atoms with van der Waals surface area (Å²) < 4.78 is 38.0. The number of hydrogen-bond acceptors (Lipinski definition) is 2. The highest BCUT2D eigenvalue weighted by Gasteiger charge is 2.33. The van der Waals surface area contributed by atoms with Crippen molar-refractivity contribution in [1.29, 1.82) is 0 Å². The first-order valence-corrected chi connectivity index (χ1v) is 5.50. The van der Waals surface area contributed by atoms with Gasteiger partial charge in [-0.2, -0.15) is 13.2 Å². The van der Waals surface area contributed by atoms with Crippen molar-refractivity contribution >= 4 is 27.4 Å². The molecule has 1 N–H and O–H groups in total. The van der Waals surface area contributed by atoms with Gasteiger partial charge in [0, 0.05) is 4.70 Å². The monoisotopic (exact) mass is 260 g/mol. The van der Waals surface area contributed by atoms with Crippen molar-refractivity contribution in [3.8, 4) is 0 Å². The summed E-state index contributed by atoms with van der Waals surface area (Å²) in [5, 5.41) is 9.04. The standard InChI is InChI=1S/C11H7F3O2S/c12-11(13,14)9-5-7-6(4-10(15)16)2-1-3-8(7)17-9/h1-3,5H,4H2,(H,15,16). The Bertz CT molecular complexity index is 572. The minimum atomic E-state index is -4.38. The Hall–Kier alpha value is -1.56. The Morgan fingerprint density at radius 3 is 2.65 bits per heavy atom. The molecule has 0 aliphatic rings. The summed E-state index contributed by atoms with van der Waals surface area (Å²) in [6, 6.07) is 5.67. The predicted molar refractivity (Wildman–Crippen MR) is 58.2 cm³/mol. The number of aliphatic carboxylic acids is 1. The maximum Gasteiger partial charge on any atom is 0.425 e. The number of carbonyl (C=O) groups is 1. The summed E-state index contributed by atoms with van der Waals surface area (Å²) in [7, 11) is 0. The van der Waals surface area contributed by atoms with Gasteiger partial charge in [-0.15, -0.1) is 11.3 Å². The number of alkyl halides is 3. The molecule has 17 heavy (non-hydrogen) atoms. The fourth-order valence-corrected chi connectivity index (χ4v) is 2.55. The fourth-order valence-electron chi connectivity index (χ4n) is 1.58. The minimum Gasteiger partial charge on any atom is -0.481 e. The summed E-state index contributed by atoms with van der Waals surface area (Å²) in [6.45, 7) is 0. The minimum absolute atomic E-state index is 0.272. The summed E-state index contributed by atoms with van der Waals surface area (Å²) in [4.78, 5) is 9.89. The molecule has 2 rings (SSSR count). The molecule has 0 aliphatic carbocycles. The lowest BCUT2D eigenvalue weighted by Crippen LogP contribution is -2.01. The van der Waals surface area contributed by atoms with Crippen LogP contribution in [-0.4, -0.2) is 11.1 Å². The second kappa shape index (κ2) is 4.03. The summed E-state index contributed by atoms with van der Waals surface area (Å²) in [6.07, 6.45) is -4.66. The number of benzene rings is 1. The molecule has 2 aromatic rings. The molecule has 0 bridgehead atoms. The van der Waals surface area contributed by atoms with Crippen molar-refractivity contribution < 1.29 is 23.1 Å². The van der Waals surface area contributed by atoms with Crippen molar-refractivity contribution in [2.75, 3.05) is 0 Å². The van der Waals surface area contributed by atoms with E-state index in [0.29, 0.717) is 27.0 Å². The Balaban J connectivity index is 2.57. The molecule has 0 atom stereocenters. The van der Waals surface area contributed by atoms with Gasteiger partial charge >= 0.3 is 12.1 Å². The zero-order chi connectivity index (χ0) is 12.6. The first kappa shape index (κ1) is 11.9. The average Bonchev–Trinajstić information content (AvgIpc) is 2.60. The number of carboxylic acid groups (broad SMARTS) is 1. The Kier molecular flexibility index (Phi) is 2.82. The number of rotatable bonds is 2. The smallest absolute Gasteiger partial charge is 0.425 e. The van der Waals surface area contributed by atoms with Crippen molar-refractivity contribution in [3.05, 3.63) is 34.7 Å². The van der Waals surface area contributed by atoms with E-state index in [1.807, 2.05) is 0 Å². The molecule has 2 nitrogen and oxygen atoms in total. The molecule has 90 valence electrons. The number of halogens is 3. The average molecular weight is 260 g/mol. The Morgan fingerprint density at radius 1 is 1.35 bits per heavy atom. The van der Waals surface area contributed by atoms with Crippen LogP contribution in [0.25, 0.3) is 10.1 Å². The molecule has 1 aromatic carbocycles. The van der Waals surface area contributed by atoms with E-state index in [0.717, 1.165) is 6.07 Å². The third-order valence-corrected chi connectivity index (χ3v) is 3.42. The van der Waals surface area contributed by atoms with E-state index >= 15 is 0 Å². The second-order valence-corrected chi connectivity index (χ2v) is 4.59. The first-order valence-electron chi connectivity index (χ1n) is 4.68. The van der Waals surface area contributed by atoms with E-state index in [9.17, 15) is 18.0 Å². The van der Waals surface area contributed by atoms with Crippen LogP contribution in [0.5, 0.6) is 0 Å². The van der Waals surface area contributed by atoms with Crippen molar-refractivity contribution in [1.82, 2.24) is 0 Å². The molecule has 0 fully saturated rings. The molecule has 0 spiro atoms. The molecule has 0 radical (unpaired) electrons. The van der Waals surface area contributed by atoms with Crippen molar-refractivity contribution in [2.24, 2.45) is 0 Å². The SMILES string of the molecule is O=C(O)Cc1cccc2sc(C(F)(F)F)cc12. The van der Waals surface area contributed by atoms with Gasteiger partial charge in [0.25, 0.3) is 0 Å². The van der Waals surface area contributed by atoms with Gasteiger partial charge in [-0.3, -0.25) is 4.79 Å². The van der Waals surface area contributed by atoms with Gasteiger partial charge in [-0.05, 0) is 23.1 Å². The zero-order valence-electron chi connectivity index (χ0n) is 8.41. The number of hydrogen-bond donors (Lipinski definition) is 1. The molecular formula is C11H7F3O2S. The molecule has 0 unspecified atom stereocenters. The normalized spacial score (nSPS) is 11.9. The van der Waals surface area contributed by atoms with E-state index < -0.39 is 17.0 Å². The van der Waals surface area contributed by atoms with Crippen LogP contribution >= 0.6 is 11.3 Å². The summed E-state index contributed by atoms with van der Waals surface area (Å²) >= 11 is 0.628. The highest BCUT2D eigenvalue weighted by Crippen LogP contribution is 2.39. The van der Waals surface area contributed by atoms with Crippen LogP contribution in [-0.2, 0) is 17.4 Å². The van der Waals surface area contributed by atoms with Gasteiger partial charge in [-0.25, -0.2) is 0 Å². The largest absolute Gasteiger partial charge is 0.481 e. The Morgan fingerprint density at radius 2 is 2.06 bits per heavy atom. The molecule has 1 aromatic heterocycles. The number of thiophene rings is 1. The third kappa shape index (κ3) is 2.41. The lowest BCUT2D eigenvalue weighted by Gasteiger charge is -2.00. The molecule has 0 saturated carbocycles. The Labute approximate surface area is 98.3 Å². The second-order valence-electron chi connectivity index (χ2n) is 3.51. The van der Waals surface area contributed by atoms with E-state index in [4.69, 9.17) is 5.11 Å². The van der Waals surface area contributed by atoms with Crippen LogP contribution in [0.4, 0.5) is 13.2 Å². The van der Waals surface area contributed by atoms with E-state index in [2.05, 4.69) is 0 Å². The van der Waals surface area contributed by atoms with Crippen molar-refractivity contribution in [2.45, 2.75) is 12.6 Å². The van der Waals surface area contributed by atoms with Crippen LogP contribution in [0.15, 0.2) is 24.3 Å². The fraction of sp³-hybridized carbons (Fsp3) is 0.182. The van der Waals surface area contributed by atoms with Gasteiger partial charge in [0.2, 0.25) is 0 Å². The van der Waals surface area contributed by atoms with Crippen LogP contribution in [0, 0.1) is 0 Å². The van der Waals surface area contributed by atoms with Gasteiger partial charge in [-0.1, -0.05) is 12.1 Å². The number of carboxylic acids is 1.